The Labute approximate surface area is 97.7 Å². The van der Waals surface area contributed by atoms with Crippen molar-refractivity contribution >= 4 is 5.82 Å². The van der Waals surface area contributed by atoms with Gasteiger partial charge in [0.15, 0.2) is 0 Å². The molecule has 1 aliphatic rings. The van der Waals surface area contributed by atoms with Gasteiger partial charge in [-0.1, -0.05) is 13.3 Å². The van der Waals surface area contributed by atoms with Gasteiger partial charge in [-0.25, -0.2) is 4.98 Å². The highest BCUT2D eigenvalue weighted by Crippen LogP contribution is 2.25. The van der Waals surface area contributed by atoms with Gasteiger partial charge in [0.1, 0.15) is 5.82 Å². The van der Waals surface area contributed by atoms with Crippen molar-refractivity contribution in [3.63, 3.8) is 0 Å². The van der Waals surface area contributed by atoms with Crippen molar-refractivity contribution in [2.45, 2.75) is 32.7 Å². The zero-order valence-corrected chi connectivity index (χ0v) is 10.2. The number of hydrogen-bond acceptors (Lipinski definition) is 3. The van der Waals surface area contributed by atoms with E-state index in [0.29, 0.717) is 0 Å². The molecule has 0 bridgehead atoms. The fourth-order valence-corrected chi connectivity index (χ4v) is 2.26. The molecule has 1 saturated heterocycles. The summed E-state index contributed by atoms with van der Waals surface area (Å²) in [5, 5.41) is 0. The van der Waals surface area contributed by atoms with Gasteiger partial charge in [0.05, 0.1) is 0 Å². The molecule has 1 aliphatic heterocycles. The fraction of sp³-hybridized carbons (Fsp3) is 0.615. The van der Waals surface area contributed by atoms with Gasteiger partial charge in [-0.15, -0.1) is 0 Å². The summed E-state index contributed by atoms with van der Waals surface area (Å²) >= 11 is 0. The topological polar surface area (TPSA) is 42.1 Å². The van der Waals surface area contributed by atoms with Crippen molar-refractivity contribution in [3.8, 4) is 0 Å². The van der Waals surface area contributed by atoms with Gasteiger partial charge >= 0.3 is 0 Å². The summed E-state index contributed by atoms with van der Waals surface area (Å²) in [5.41, 5.74) is 7.06. The van der Waals surface area contributed by atoms with Crippen LogP contribution in [0.25, 0.3) is 0 Å². The van der Waals surface area contributed by atoms with Crippen LogP contribution in [0.2, 0.25) is 0 Å². The maximum atomic E-state index is 5.89. The second-order valence-electron chi connectivity index (χ2n) is 4.75. The number of pyridine rings is 1. The minimum atomic E-state index is 0.0892. The Bertz CT molecular complexity index is 349. The van der Waals surface area contributed by atoms with E-state index in [1.807, 2.05) is 19.2 Å². The molecule has 2 heterocycles. The van der Waals surface area contributed by atoms with Gasteiger partial charge in [0.2, 0.25) is 0 Å². The van der Waals surface area contributed by atoms with Crippen molar-refractivity contribution in [2.75, 3.05) is 18.0 Å². The largest absolute Gasteiger partial charge is 0.356 e. The summed E-state index contributed by atoms with van der Waals surface area (Å²) < 4.78 is 0. The average molecular weight is 219 g/mol. The highest BCUT2D eigenvalue weighted by molar-refractivity contribution is 5.42. The van der Waals surface area contributed by atoms with Gasteiger partial charge < -0.3 is 10.6 Å². The Morgan fingerprint density at radius 1 is 1.62 bits per heavy atom. The first-order chi connectivity index (χ1) is 7.70. The van der Waals surface area contributed by atoms with Gasteiger partial charge in [-0.2, -0.15) is 0 Å². The number of anilines is 1. The van der Waals surface area contributed by atoms with E-state index < -0.39 is 0 Å². The van der Waals surface area contributed by atoms with E-state index in [2.05, 4.69) is 22.9 Å². The minimum absolute atomic E-state index is 0.0892. The molecular formula is C13H21N3. The SMILES string of the molecule is CCC1CCN(c2cc(C(C)N)ccn2)C1. The quantitative estimate of drug-likeness (QED) is 0.848. The predicted molar refractivity (Wildman–Crippen MR) is 67.5 cm³/mol. The van der Waals surface area contributed by atoms with Crippen LogP contribution < -0.4 is 10.6 Å². The van der Waals surface area contributed by atoms with Gasteiger partial charge in [-0.05, 0) is 37.0 Å². The Kier molecular flexibility index (Phi) is 3.44. The Balaban J connectivity index is 2.12. The lowest BCUT2D eigenvalue weighted by atomic mass is 10.1. The standard InChI is InChI=1S/C13H21N3/c1-3-11-5-7-16(9-11)13-8-12(10(2)14)4-6-15-13/h4,6,8,10-11H,3,5,7,9,14H2,1-2H3. The third-order valence-electron chi connectivity index (χ3n) is 3.48. The average Bonchev–Trinajstić information content (AvgIpc) is 2.77. The molecule has 0 saturated carbocycles. The number of aromatic nitrogens is 1. The predicted octanol–water partition coefficient (Wildman–Crippen LogP) is 2.34. The van der Waals surface area contributed by atoms with E-state index in [1.165, 1.54) is 18.4 Å². The highest BCUT2D eigenvalue weighted by atomic mass is 15.2. The summed E-state index contributed by atoms with van der Waals surface area (Å²) in [6.07, 6.45) is 4.43. The molecular weight excluding hydrogens is 198 g/mol. The zero-order chi connectivity index (χ0) is 11.5. The monoisotopic (exact) mass is 219 g/mol. The maximum absolute atomic E-state index is 5.89. The molecule has 3 nitrogen and oxygen atoms in total. The molecule has 2 unspecified atom stereocenters. The van der Waals surface area contributed by atoms with E-state index >= 15 is 0 Å². The number of rotatable bonds is 3. The van der Waals surface area contributed by atoms with Crippen LogP contribution in [0.15, 0.2) is 18.3 Å². The first kappa shape index (κ1) is 11.4. The molecule has 2 N–H and O–H groups in total. The molecule has 0 spiro atoms. The molecule has 1 aromatic rings. The maximum Gasteiger partial charge on any atom is 0.128 e. The van der Waals surface area contributed by atoms with Gasteiger partial charge in [-0.3, -0.25) is 0 Å². The number of hydrogen-bond donors (Lipinski definition) is 1. The van der Waals surface area contributed by atoms with Crippen molar-refractivity contribution in [2.24, 2.45) is 11.7 Å². The molecule has 2 atom stereocenters. The van der Waals surface area contributed by atoms with Crippen molar-refractivity contribution in [3.05, 3.63) is 23.9 Å². The lowest BCUT2D eigenvalue weighted by Gasteiger charge is -2.18. The molecule has 1 fully saturated rings. The van der Waals surface area contributed by atoms with Crippen molar-refractivity contribution in [1.29, 1.82) is 0 Å². The minimum Gasteiger partial charge on any atom is -0.356 e. The smallest absolute Gasteiger partial charge is 0.128 e. The van der Waals surface area contributed by atoms with Crippen LogP contribution in [-0.4, -0.2) is 18.1 Å². The summed E-state index contributed by atoms with van der Waals surface area (Å²) in [4.78, 5) is 6.82. The molecule has 0 aromatic carbocycles. The van der Waals surface area contributed by atoms with E-state index in [0.717, 1.165) is 24.8 Å². The molecule has 1 aromatic heterocycles. The molecule has 16 heavy (non-hydrogen) atoms. The second kappa shape index (κ2) is 4.83. The Morgan fingerprint density at radius 3 is 3.06 bits per heavy atom. The lowest BCUT2D eigenvalue weighted by Crippen LogP contribution is -2.21. The van der Waals surface area contributed by atoms with Gasteiger partial charge in [0, 0.05) is 25.3 Å². The van der Waals surface area contributed by atoms with Gasteiger partial charge in [0.25, 0.3) is 0 Å². The normalized spacial score (nSPS) is 22.4. The Hall–Kier alpha value is -1.09. The number of nitrogens with two attached hydrogens (primary N) is 1. The van der Waals surface area contributed by atoms with Crippen LogP contribution in [0.3, 0.4) is 0 Å². The molecule has 2 rings (SSSR count). The molecule has 0 aliphatic carbocycles. The third-order valence-corrected chi connectivity index (χ3v) is 3.48. The van der Waals surface area contributed by atoms with Crippen molar-refractivity contribution in [1.82, 2.24) is 4.98 Å². The Morgan fingerprint density at radius 2 is 2.44 bits per heavy atom. The molecule has 3 heteroatoms. The first-order valence-electron chi connectivity index (χ1n) is 6.17. The van der Waals surface area contributed by atoms with E-state index in [1.54, 1.807) is 0 Å². The second-order valence-corrected chi connectivity index (χ2v) is 4.75. The van der Waals surface area contributed by atoms with Crippen LogP contribution in [0.4, 0.5) is 5.82 Å². The van der Waals surface area contributed by atoms with Crippen LogP contribution in [0.1, 0.15) is 38.3 Å². The third kappa shape index (κ3) is 2.35. The zero-order valence-electron chi connectivity index (χ0n) is 10.2. The lowest BCUT2D eigenvalue weighted by molar-refractivity contribution is 0.568. The number of nitrogens with zero attached hydrogens (tertiary/aromatic N) is 2. The first-order valence-corrected chi connectivity index (χ1v) is 6.17. The van der Waals surface area contributed by atoms with Crippen LogP contribution >= 0.6 is 0 Å². The van der Waals surface area contributed by atoms with E-state index in [4.69, 9.17) is 5.73 Å². The molecule has 0 amide bonds. The van der Waals surface area contributed by atoms with E-state index in [-0.39, 0.29) is 6.04 Å². The molecule has 88 valence electrons. The summed E-state index contributed by atoms with van der Waals surface area (Å²) in [6.45, 7) is 6.55. The highest BCUT2D eigenvalue weighted by Gasteiger charge is 2.22. The summed E-state index contributed by atoms with van der Waals surface area (Å²) in [5.74, 6) is 1.92. The molecule has 0 radical (unpaired) electrons. The fourth-order valence-electron chi connectivity index (χ4n) is 2.26. The van der Waals surface area contributed by atoms with Crippen LogP contribution in [0.5, 0.6) is 0 Å². The van der Waals surface area contributed by atoms with Crippen LogP contribution in [0, 0.1) is 5.92 Å². The summed E-state index contributed by atoms with van der Waals surface area (Å²) in [7, 11) is 0. The summed E-state index contributed by atoms with van der Waals surface area (Å²) in [6, 6.07) is 4.22. The van der Waals surface area contributed by atoms with Crippen LogP contribution in [-0.2, 0) is 0 Å². The van der Waals surface area contributed by atoms with E-state index in [9.17, 15) is 0 Å². The van der Waals surface area contributed by atoms with Crippen molar-refractivity contribution < 1.29 is 0 Å².